The lowest BCUT2D eigenvalue weighted by atomic mass is 10.2. The number of nitrogens with zero attached hydrogens (tertiary/aromatic N) is 3. The van der Waals surface area contributed by atoms with E-state index in [2.05, 4.69) is 4.90 Å². The lowest BCUT2D eigenvalue weighted by Gasteiger charge is -2.32. The molecule has 0 radical (unpaired) electrons. The second-order valence-corrected chi connectivity index (χ2v) is 9.24. The molecule has 1 saturated heterocycles. The van der Waals surface area contributed by atoms with E-state index < -0.39 is 10.0 Å². The zero-order chi connectivity index (χ0) is 16.8. The molecule has 1 aliphatic heterocycles. The predicted molar refractivity (Wildman–Crippen MR) is 93.5 cm³/mol. The topological polar surface area (TPSA) is 62.6 Å². The lowest BCUT2D eigenvalue weighted by Crippen LogP contribution is -2.47. The summed E-state index contributed by atoms with van der Waals surface area (Å²) < 4.78 is 27.3. The minimum absolute atomic E-state index is 0.0370. The van der Waals surface area contributed by atoms with E-state index in [9.17, 15) is 13.2 Å². The molecule has 3 rings (SSSR count). The van der Waals surface area contributed by atoms with Crippen molar-refractivity contribution in [2.45, 2.75) is 13.5 Å². The first-order chi connectivity index (χ1) is 10.8. The fraction of sp³-hybridized carbons (Fsp3) is 0.533. The van der Waals surface area contributed by atoms with Gasteiger partial charge in [-0.15, -0.1) is 11.3 Å². The van der Waals surface area contributed by atoms with Crippen LogP contribution in [0.2, 0.25) is 0 Å². The molecule has 8 heteroatoms. The van der Waals surface area contributed by atoms with Crippen LogP contribution >= 0.6 is 11.3 Å². The van der Waals surface area contributed by atoms with Crippen LogP contribution in [0.3, 0.4) is 0 Å². The molecule has 6 nitrogen and oxygen atoms in total. The normalized spacial score (nSPS) is 17.9. The van der Waals surface area contributed by atoms with Gasteiger partial charge in [0.1, 0.15) is 0 Å². The molecule has 0 atom stereocenters. The second kappa shape index (κ2) is 6.01. The highest BCUT2D eigenvalue weighted by molar-refractivity contribution is 7.88. The Balaban J connectivity index is 1.77. The van der Waals surface area contributed by atoms with E-state index in [-0.39, 0.29) is 5.56 Å². The van der Waals surface area contributed by atoms with Gasteiger partial charge >= 0.3 is 0 Å². The summed E-state index contributed by atoms with van der Waals surface area (Å²) in [6, 6.07) is 1.98. The van der Waals surface area contributed by atoms with Crippen LogP contribution in [-0.4, -0.2) is 54.6 Å². The Morgan fingerprint density at radius 2 is 1.87 bits per heavy atom. The van der Waals surface area contributed by atoms with Crippen LogP contribution in [0.4, 0.5) is 0 Å². The van der Waals surface area contributed by atoms with Gasteiger partial charge in [-0.05, 0) is 18.6 Å². The standard InChI is InChI=1S/C15H21N3O3S2/c1-11-9-16(2)15(19)13-8-12(22-14(11)13)10-17-4-6-18(7-5-17)23(3,20)21/h8-9H,4-7,10H2,1-3H3. The number of sulfonamides is 1. The van der Waals surface area contributed by atoms with E-state index in [0.29, 0.717) is 13.1 Å². The number of hydrogen-bond acceptors (Lipinski definition) is 5. The highest BCUT2D eigenvalue weighted by atomic mass is 32.2. The first-order valence-electron chi connectivity index (χ1n) is 7.52. The lowest BCUT2D eigenvalue weighted by molar-refractivity contribution is 0.183. The van der Waals surface area contributed by atoms with Crippen molar-refractivity contribution < 1.29 is 8.42 Å². The van der Waals surface area contributed by atoms with Gasteiger partial charge in [0.05, 0.1) is 11.6 Å². The summed E-state index contributed by atoms with van der Waals surface area (Å²) in [7, 11) is -1.32. The van der Waals surface area contributed by atoms with E-state index in [1.165, 1.54) is 10.6 Å². The highest BCUT2D eigenvalue weighted by Gasteiger charge is 2.23. The SMILES string of the molecule is Cc1cn(C)c(=O)c2cc(CN3CCN(S(C)(=O)=O)CC3)sc12. The van der Waals surface area contributed by atoms with Crippen molar-refractivity contribution in [3.63, 3.8) is 0 Å². The molecule has 1 aliphatic rings. The number of pyridine rings is 1. The summed E-state index contributed by atoms with van der Waals surface area (Å²) in [4.78, 5) is 15.6. The number of aromatic nitrogens is 1. The maximum Gasteiger partial charge on any atom is 0.259 e. The van der Waals surface area contributed by atoms with Crippen LogP contribution in [0.5, 0.6) is 0 Å². The van der Waals surface area contributed by atoms with Gasteiger partial charge in [0.2, 0.25) is 10.0 Å². The summed E-state index contributed by atoms with van der Waals surface area (Å²) in [5.41, 5.74) is 1.15. The summed E-state index contributed by atoms with van der Waals surface area (Å²) in [5, 5.41) is 0.780. The van der Waals surface area contributed by atoms with Gasteiger partial charge < -0.3 is 4.57 Å². The minimum Gasteiger partial charge on any atom is -0.318 e. The van der Waals surface area contributed by atoms with Crippen LogP contribution < -0.4 is 5.56 Å². The van der Waals surface area contributed by atoms with Gasteiger partial charge in [0.25, 0.3) is 5.56 Å². The van der Waals surface area contributed by atoms with E-state index in [4.69, 9.17) is 0 Å². The van der Waals surface area contributed by atoms with E-state index >= 15 is 0 Å². The molecule has 0 spiro atoms. The van der Waals surface area contributed by atoms with E-state index in [1.54, 1.807) is 23.0 Å². The Labute approximate surface area is 140 Å². The Bertz CT molecular complexity index is 891. The summed E-state index contributed by atoms with van der Waals surface area (Å²) >= 11 is 1.66. The Morgan fingerprint density at radius 3 is 2.48 bits per heavy atom. The average Bonchev–Trinajstić information content (AvgIpc) is 2.89. The number of fused-ring (bicyclic) bond motifs is 1. The van der Waals surface area contributed by atoms with Gasteiger partial charge in [0, 0.05) is 55.5 Å². The van der Waals surface area contributed by atoms with Crippen molar-refractivity contribution in [1.29, 1.82) is 0 Å². The fourth-order valence-corrected chi connectivity index (χ4v) is 4.99. The van der Waals surface area contributed by atoms with E-state index in [1.807, 2.05) is 19.2 Å². The molecule has 0 bridgehead atoms. The maximum absolute atomic E-state index is 12.2. The molecule has 0 N–H and O–H groups in total. The van der Waals surface area contributed by atoms with Crippen molar-refractivity contribution in [1.82, 2.24) is 13.8 Å². The number of rotatable bonds is 3. The first-order valence-corrected chi connectivity index (χ1v) is 10.2. The van der Waals surface area contributed by atoms with Gasteiger partial charge in [-0.3, -0.25) is 9.69 Å². The van der Waals surface area contributed by atoms with Crippen LogP contribution in [0.1, 0.15) is 10.4 Å². The zero-order valence-electron chi connectivity index (χ0n) is 13.6. The maximum atomic E-state index is 12.2. The first kappa shape index (κ1) is 16.6. The fourth-order valence-electron chi connectivity index (χ4n) is 3.01. The minimum atomic E-state index is -3.09. The van der Waals surface area contributed by atoms with Gasteiger partial charge in [-0.2, -0.15) is 4.31 Å². The molecular weight excluding hydrogens is 334 g/mol. The van der Waals surface area contributed by atoms with Crippen molar-refractivity contribution in [2.24, 2.45) is 7.05 Å². The third kappa shape index (κ3) is 3.35. The third-order valence-electron chi connectivity index (χ3n) is 4.26. The highest BCUT2D eigenvalue weighted by Crippen LogP contribution is 2.27. The quantitative estimate of drug-likeness (QED) is 0.824. The molecule has 23 heavy (non-hydrogen) atoms. The molecule has 1 fully saturated rings. The smallest absolute Gasteiger partial charge is 0.259 e. The molecule has 0 saturated carbocycles. The molecule has 2 aromatic heterocycles. The Hall–Kier alpha value is -1.22. The summed E-state index contributed by atoms with van der Waals surface area (Å²) in [6.07, 6.45) is 3.13. The van der Waals surface area contributed by atoms with Crippen LogP contribution in [-0.2, 0) is 23.6 Å². The van der Waals surface area contributed by atoms with Crippen molar-refractivity contribution in [2.75, 3.05) is 32.4 Å². The zero-order valence-corrected chi connectivity index (χ0v) is 15.2. The van der Waals surface area contributed by atoms with Crippen molar-refractivity contribution in [3.8, 4) is 0 Å². The van der Waals surface area contributed by atoms with Gasteiger partial charge in [0.15, 0.2) is 0 Å². The van der Waals surface area contributed by atoms with Gasteiger partial charge in [-0.25, -0.2) is 8.42 Å². The largest absolute Gasteiger partial charge is 0.318 e. The average molecular weight is 355 g/mol. The van der Waals surface area contributed by atoms with Crippen LogP contribution in [0.15, 0.2) is 17.1 Å². The van der Waals surface area contributed by atoms with Gasteiger partial charge in [-0.1, -0.05) is 0 Å². The Kier molecular flexibility index (Phi) is 4.35. The number of aryl methyl sites for hydroxylation is 2. The number of hydrogen-bond donors (Lipinski definition) is 0. The van der Waals surface area contributed by atoms with Crippen molar-refractivity contribution >= 4 is 31.4 Å². The molecule has 0 amide bonds. The Morgan fingerprint density at radius 1 is 1.22 bits per heavy atom. The number of thiophene rings is 1. The van der Waals surface area contributed by atoms with Crippen LogP contribution in [0.25, 0.3) is 10.1 Å². The van der Waals surface area contributed by atoms with E-state index in [0.717, 1.165) is 40.2 Å². The second-order valence-electron chi connectivity index (χ2n) is 6.12. The molecule has 0 unspecified atom stereocenters. The number of piperazine rings is 1. The summed E-state index contributed by atoms with van der Waals surface area (Å²) in [6.45, 7) is 5.29. The predicted octanol–water partition coefficient (Wildman–Crippen LogP) is 0.986. The molecule has 2 aromatic rings. The molecule has 0 aromatic carbocycles. The monoisotopic (exact) mass is 355 g/mol. The third-order valence-corrected chi connectivity index (χ3v) is 6.82. The summed E-state index contributed by atoms with van der Waals surface area (Å²) in [5.74, 6) is 0. The van der Waals surface area contributed by atoms with Crippen molar-refractivity contribution in [3.05, 3.63) is 33.1 Å². The molecule has 3 heterocycles. The molecule has 0 aliphatic carbocycles. The molecule has 126 valence electrons. The molecular formula is C15H21N3O3S2. The van der Waals surface area contributed by atoms with Crippen LogP contribution in [0, 0.1) is 6.92 Å².